The van der Waals surface area contributed by atoms with Gasteiger partial charge in [0.05, 0.1) is 5.25 Å². The number of hydrogen-bond acceptors (Lipinski definition) is 5. The van der Waals surface area contributed by atoms with Gasteiger partial charge in [-0.3, -0.25) is 9.59 Å². The summed E-state index contributed by atoms with van der Waals surface area (Å²) in [6, 6.07) is 8.22. The molecule has 1 aromatic carbocycles. The molecule has 2 heterocycles. The number of anilines is 1. The summed E-state index contributed by atoms with van der Waals surface area (Å²) in [5.41, 5.74) is 7.50. The summed E-state index contributed by atoms with van der Waals surface area (Å²) in [6.07, 6.45) is 1.56. The van der Waals surface area contributed by atoms with Crippen LogP contribution < -0.4 is 10.6 Å². The van der Waals surface area contributed by atoms with E-state index in [1.165, 1.54) is 17.3 Å². The molecule has 0 radical (unpaired) electrons. The highest BCUT2D eigenvalue weighted by Gasteiger charge is 2.34. The highest BCUT2D eigenvalue weighted by molar-refractivity contribution is 8.00. The van der Waals surface area contributed by atoms with Crippen LogP contribution in [0.15, 0.2) is 29.4 Å². The first-order valence-corrected chi connectivity index (χ1v) is 10.9. The summed E-state index contributed by atoms with van der Waals surface area (Å²) in [5.74, 6) is 0.836. The van der Waals surface area contributed by atoms with E-state index in [9.17, 15) is 9.59 Å². The summed E-state index contributed by atoms with van der Waals surface area (Å²) in [5, 5.41) is 8.98. The minimum absolute atomic E-state index is 0.0743. The molecule has 8 heteroatoms. The van der Waals surface area contributed by atoms with Crippen molar-refractivity contribution < 1.29 is 9.59 Å². The lowest BCUT2D eigenvalue weighted by Crippen LogP contribution is -2.40. The van der Waals surface area contributed by atoms with Crippen molar-refractivity contribution in [2.45, 2.75) is 70.0 Å². The van der Waals surface area contributed by atoms with Crippen LogP contribution in [0.4, 0.5) is 5.69 Å². The predicted octanol–water partition coefficient (Wildman–Crippen LogP) is 2.81. The van der Waals surface area contributed by atoms with E-state index >= 15 is 0 Å². The number of carbonyl (C=O) groups is 2. The van der Waals surface area contributed by atoms with Gasteiger partial charge in [0.2, 0.25) is 11.8 Å². The number of para-hydroxylation sites is 1. The Balaban J connectivity index is 1.78. The third-order valence-corrected chi connectivity index (χ3v) is 6.08. The predicted molar refractivity (Wildman–Crippen MR) is 115 cm³/mol. The van der Waals surface area contributed by atoms with E-state index in [0.717, 1.165) is 24.5 Å². The molecule has 2 N–H and O–H groups in total. The van der Waals surface area contributed by atoms with Crippen molar-refractivity contribution in [3.63, 3.8) is 0 Å². The van der Waals surface area contributed by atoms with Gasteiger partial charge >= 0.3 is 0 Å². The van der Waals surface area contributed by atoms with Gasteiger partial charge in [-0.05, 0) is 37.8 Å². The van der Waals surface area contributed by atoms with Crippen molar-refractivity contribution in [2.24, 2.45) is 11.7 Å². The second-order valence-corrected chi connectivity index (χ2v) is 9.33. The Bertz CT molecular complexity index is 895. The van der Waals surface area contributed by atoms with Crippen molar-refractivity contribution in [3.8, 4) is 0 Å². The quantitative estimate of drug-likeness (QED) is 0.669. The number of primary amides is 1. The average Bonchev–Trinajstić information content (AvgIpc) is 3.18. The maximum Gasteiger partial charge on any atom is 0.240 e. The lowest BCUT2D eigenvalue weighted by atomic mass is 10.1. The fourth-order valence-electron chi connectivity index (χ4n) is 3.68. The largest absolute Gasteiger partial charge is 0.370 e. The van der Waals surface area contributed by atoms with E-state index in [4.69, 9.17) is 5.73 Å². The molecule has 0 fully saturated rings. The van der Waals surface area contributed by atoms with Gasteiger partial charge in [-0.15, -0.1) is 10.2 Å². The zero-order valence-electron chi connectivity index (χ0n) is 17.5. The number of carbonyl (C=O) groups excluding carboxylic acids is 2. The Morgan fingerprint density at radius 3 is 2.66 bits per heavy atom. The smallest absolute Gasteiger partial charge is 0.240 e. The first-order chi connectivity index (χ1) is 13.8. The molecule has 3 rings (SSSR count). The molecule has 2 unspecified atom stereocenters. The van der Waals surface area contributed by atoms with E-state index in [0.29, 0.717) is 17.5 Å². The zero-order chi connectivity index (χ0) is 21.1. The van der Waals surface area contributed by atoms with Crippen molar-refractivity contribution >= 4 is 29.3 Å². The fraction of sp³-hybridized carbons (Fsp3) is 0.524. The van der Waals surface area contributed by atoms with Crippen LogP contribution in [0.3, 0.4) is 0 Å². The Kier molecular flexibility index (Phi) is 6.62. The number of hydrogen-bond donors (Lipinski definition) is 1. The average molecular weight is 416 g/mol. The van der Waals surface area contributed by atoms with Gasteiger partial charge in [-0.1, -0.05) is 43.8 Å². The minimum atomic E-state index is -0.358. The van der Waals surface area contributed by atoms with Gasteiger partial charge < -0.3 is 15.2 Å². The molecule has 0 bridgehead atoms. The summed E-state index contributed by atoms with van der Waals surface area (Å²) in [4.78, 5) is 26.3. The van der Waals surface area contributed by atoms with Gasteiger partial charge in [0.1, 0.15) is 5.82 Å². The van der Waals surface area contributed by atoms with Crippen LogP contribution in [0.2, 0.25) is 0 Å². The molecule has 29 heavy (non-hydrogen) atoms. The summed E-state index contributed by atoms with van der Waals surface area (Å²) >= 11 is 1.42. The Hall–Kier alpha value is -2.35. The molecule has 0 saturated heterocycles. The molecule has 156 valence electrons. The summed E-state index contributed by atoms with van der Waals surface area (Å²) in [7, 11) is 0. The number of benzene rings is 1. The van der Waals surface area contributed by atoms with E-state index < -0.39 is 0 Å². The van der Waals surface area contributed by atoms with Gasteiger partial charge in [0, 0.05) is 31.1 Å². The second-order valence-electron chi connectivity index (χ2n) is 8.02. The van der Waals surface area contributed by atoms with Crippen LogP contribution in [0, 0.1) is 5.92 Å². The molecular formula is C21H29N5O2S. The zero-order valence-corrected chi connectivity index (χ0v) is 18.3. The topological polar surface area (TPSA) is 94.1 Å². The first-order valence-electron chi connectivity index (χ1n) is 10.1. The maximum atomic E-state index is 13.3. The third kappa shape index (κ3) is 4.80. The molecule has 2 atom stereocenters. The van der Waals surface area contributed by atoms with Crippen molar-refractivity contribution in [1.82, 2.24) is 14.8 Å². The van der Waals surface area contributed by atoms with Gasteiger partial charge in [-0.2, -0.15) is 0 Å². The van der Waals surface area contributed by atoms with Gasteiger partial charge in [0.15, 0.2) is 5.16 Å². The van der Waals surface area contributed by atoms with Crippen LogP contribution in [-0.4, -0.2) is 37.9 Å². The highest BCUT2D eigenvalue weighted by Crippen LogP contribution is 2.34. The van der Waals surface area contributed by atoms with Crippen LogP contribution in [0.25, 0.3) is 0 Å². The molecule has 2 amide bonds. The maximum absolute atomic E-state index is 13.3. The number of nitrogens with two attached hydrogens (primary N) is 1. The molecule has 2 aromatic rings. The van der Waals surface area contributed by atoms with Crippen LogP contribution in [-0.2, 0) is 29.0 Å². The minimum Gasteiger partial charge on any atom is -0.370 e. The number of aromatic nitrogens is 3. The van der Waals surface area contributed by atoms with E-state index in [-0.39, 0.29) is 29.5 Å². The molecule has 0 saturated carbocycles. The lowest BCUT2D eigenvalue weighted by molar-refractivity contribution is -0.118. The highest BCUT2D eigenvalue weighted by atomic mass is 32.2. The van der Waals surface area contributed by atoms with Crippen molar-refractivity contribution in [1.29, 1.82) is 0 Å². The number of fused-ring (bicyclic) bond motifs is 1. The molecule has 1 aromatic heterocycles. The number of rotatable bonds is 8. The second kappa shape index (κ2) is 8.98. The SMILES string of the molecule is CC(C)Cn1c(CCC(N)=O)nnc1SC(C)C(=O)N1c2ccccc2CC1C. The van der Waals surface area contributed by atoms with Crippen molar-refractivity contribution in [3.05, 3.63) is 35.7 Å². The first kappa shape index (κ1) is 21.4. The number of amides is 2. The summed E-state index contributed by atoms with van der Waals surface area (Å²) in [6.45, 7) is 8.96. The third-order valence-electron chi connectivity index (χ3n) is 5.01. The van der Waals surface area contributed by atoms with Crippen LogP contribution in [0.1, 0.15) is 45.5 Å². The molecular weight excluding hydrogens is 386 g/mol. The van der Waals surface area contributed by atoms with E-state index in [1.54, 1.807) is 0 Å². The van der Waals surface area contributed by atoms with Gasteiger partial charge in [0.25, 0.3) is 0 Å². The Labute approximate surface area is 176 Å². The number of nitrogens with zero attached hydrogens (tertiary/aromatic N) is 4. The van der Waals surface area contributed by atoms with Crippen LogP contribution >= 0.6 is 11.8 Å². The Morgan fingerprint density at radius 2 is 1.97 bits per heavy atom. The summed E-state index contributed by atoms with van der Waals surface area (Å²) < 4.78 is 2.02. The monoisotopic (exact) mass is 415 g/mol. The molecule has 1 aliphatic rings. The number of thioether (sulfide) groups is 1. The van der Waals surface area contributed by atoms with E-state index in [1.807, 2.05) is 34.6 Å². The molecule has 0 spiro atoms. The van der Waals surface area contributed by atoms with Crippen LogP contribution in [0.5, 0.6) is 0 Å². The normalized spacial score (nSPS) is 16.9. The van der Waals surface area contributed by atoms with Gasteiger partial charge in [-0.25, -0.2) is 0 Å². The van der Waals surface area contributed by atoms with Crippen molar-refractivity contribution in [2.75, 3.05) is 4.90 Å². The fourth-order valence-corrected chi connectivity index (χ4v) is 4.61. The Morgan fingerprint density at radius 1 is 1.24 bits per heavy atom. The number of aryl methyl sites for hydroxylation is 1. The lowest BCUT2D eigenvalue weighted by Gasteiger charge is -2.25. The van der Waals surface area contributed by atoms with E-state index in [2.05, 4.69) is 37.0 Å². The molecule has 0 aliphatic carbocycles. The molecule has 7 nitrogen and oxygen atoms in total. The standard InChI is InChI=1S/C21H29N5O2S/c1-13(2)12-25-19(10-9-18(22)27)23-24-21(25)29-15(4)20(28)26-14(3)11-16-7-5-6-8-17(16)26/h5-8,13-15H,9-12H2,1-4H3,(H2,22,27). The molecule has 1 aliphatic heterocycles.